The summed E-state index contributed by atoms with van der Waals surface area (Å²) in [5, 5.41) is 0. The maximum atomic E-state index is 12.0. The number of hydrogen-bond acceptors (Lipinski definition) is 3. The second-order valence-corrected chi connectivity index (χ2v) is 6.09. The summed E-state index contributed by atoms with van der Waals surface area (Å²) in [5.74, 6) is 0.187. The Labute approximate surface area is 99.4 Å². The second kappa shape index (κ2) is 5.28. The van der Waals surface area contributed by atoms with Gasteiger partial charge in [0.2, 0.25) is 0 Å². The van der Waals surface area contributed by atoms with Gasteiger partial charge in [0.1, 0.15) is 0 Å². The molecule has 0 radical (unpaired) electrons. The Kier molecular flexibility index (Phi) is 4.51. The molecule has 1 aliphatic heterocycles. The van der Waals surface area contributed by atoms with Crippen LogP contribution in [0.25, 0.3) is 0 Å². The van der Waals surface area contributed by atoms with Crippen LogP contribution in [0.3, 0.4) is 0 Å². The first-order chi connectivity index (χ1) is 7.32. The molecular formula is C13H26N2O. The highest BCUT2D eigenvalue weighted by Gasteiger charge is 2.30. The second-order valence-electron chi connectivity index (χ2n) is 6.09. The van der Waals surface area contributed by atoms with Gasteiger partial charge in [-0.15, -0.1) is 0 Å². The lowest BCUT2D eigenvalue weighted by atomic mass is 9.83. The van der Waals surface area contributed by atoms with Gasteiger partial charge < -0.3 is 10.6 Å². The lowest BCUT2D eigenvalue weighted by Crippen LogP contribution is -2.46. The van der Waals surface area contributed by atoms with Gasteiger partial charge in [-0.2, -0.15) is 0 Å². The maximum absolute atomic E-state index is 12.0. The minimum atomic E-state index is -0.313. The quantitative estimate of drug-likeness (QED) is 0.798. The van der Waals surface area contributed by atoms with Crippen LogP contribution >= 0.6 is 0 Å². The van der Waals surface area contributed by atoms with E-state index in [-0.39, 0.29) is 17.2 Å². The van der Waals surface area contributed by atoms with Crippen LogP contribution in [0.1, 0.15) is 46.5 Å². The number of carbonyl (C=O) groups excluding carboxylic acids is 1. The third kappa shape index (κ3) is 3.56. The Morgan fingerprint density at radius 1 is 1.44 bits per heavy atom. The number of likely N-dealkylation sites (tertiary alicyclic amines) is 1. The largest absolute Gasteiger partial charge is 0.321 e. The summed E-state index contributed by atoms with van der Waals surface area (Å²) < 4.78 is 0. The number of rotatable bonds is 3. The van der Waals surface area contributed by atoms with Gasteiger partial charge in [-0.05, 0) is 32.9 Å². The molecule has 0 saturated carbocycles. The van der Waals surface area contributed by atoms with Crippen LogP contribution in [0.2, 0.25) is 0 Å². The fourth-order valence-corrected chi connectivity index (χ4v) is 2.40. The lowest BCUT2D eigenvalue weighted by molar-refractivity contribution is -0.128. The molecule has 0 amide bonds. The number of hydrogen-bond donors (Lipinski definition) is 1. The van der Waals surface area contributed by atoms with Crippen LogP contribution in [-0.2, 0) is 4.79 Å². The van der Waals surface area contributed by atoms with Gasteiger partial charge in [-0.25, -0.2) is 0 Å². The number of nitrogens with two attached hydrogens (primary N) is 1. The predicted octanol–water partition coefficient (Wildman–Crippen LogP) is 1.80. The molecule has 2 N–H and O–H groups in total. The zero-order valence-corrected chi connectivity index (χ0v) is 11.1. The first-order valence-corrected chi connectivity index (χ1v) is 6.32. The van der Waals surface area contributed by atoms with Crippen molar-refractivity contribution in [1.82, 2.24) is 4.90 Å². The molecule has 0 spiro atoms. The highest BCUT2D eigenvalue weighted by Crippen LogP contribution is 2.22. The summed E-state index contributed by atoms with van der Waals surface area (Å²) in [5.41, 5.74) is 5.71. The Hall–Kier alpha value is -0.410. The van der Waals surface area contributed by atoms with Crippen molar-refractivity contribution in [3.05, 3.63) is 0 Å². The van der Waals surface area contributed by atoms with Crippen molar-refractivity contribution in [3.63, 3.8) is 0 Å². The topological polar surface area (TPSA) is 46.3 Å². The molecule has 1 fully saturated rings. The van der Waals surface area contributed by atoms with Crippen molar-refractivity contribution >= 4 is 5.78 Å². The van der Waals surface area contributed by atoms with Gasteiger partial charge in [0.25, 0.3) is 0 Å². The normalized spacial score (nSPS) is 25.4. The van der Waals surface area contributed by atoms with Gasteiger partial charge >= 0.3 is 0 Å². The number of carbonyl (C=O) groups is 1. The number of piperidine rings is 1. The Bertz CT molecular complexity index is 245. The lowest BCUT2D eigenvalue weighted by Gasteiger charge is -2.34. The standard InChI is InChI=1S/C13H26N2O/c1-13(2,3)12(16)11(14)9-10-7-5-6-8-15(10)4/h10-11H,5-9,14H2,1-4H3. The molecule has 3 heteroatoms. The molecule has 94 valence electrons. The summed E-state index contributed by atoms with van der Waals surface area (Å²) >= 11 is 0. The summed E-state index contributed by atoms with van der Waals surface area (Å²) in [7, 11) is 2.14. The van der Waals surface area contributed by atoms with Gasteiger partial charge in [0.15, 0.2) is 5.78 Å². The van der Waals surface area contributed by atoms with E-state index >= 15 is 0 Å². The van der Waals surface area contributed by atoms with E-state index in [1.807, 2.05) is 20.8 Å². The van der Waals surface area contributed by atoms with E-state index in [1.165, 1.54) is 19.3 Å². The van der Waals surface area contributed by atoms with Crippen LogP contribution in [0.5, 0.6) is 0 Å². The summed E-state index contributed by atoms with van der Waals surface area (Å²) in [6, 6.07) is 0.195. The Morgan fingerprint density at radius 3 is 2.56 bits per heavy atom. The minimum Gasteiger partial charge on any atom is -0.321 e. The van der Waals surface area contributed by atoms with Crippen LogP contribution in [0.4, 0.5) is 0 Å². The van der Waals surface area contributed by atoms with Crippen molar-refractivity contribution in [1.29, 1.82) is 0 Å². The average molecular weight is 226 g/mol. The molecular weight excluding hydrogens is 200 g/mol. The van der Waals surface area contributed by atoms with Crippen molar-refractivity contribution in [2.75, 3.05) is 13.6 Å². The van der Waals surface area contributed by atoms with E-state index in [0.717, 1.165) is 13.0 Å². The molecule has 1 aliphatic rings. The van der Waals surface area contributed by atoms with Crippen molar-refractivity contribution in [2.24, 2.45) is 11.1 Å². The third-order valence-electron chi connectivity index (χ3n) is 3.52. The highest BCUT2D eigenvalue weighted by molar-refractivity contribution is 5.88. The zero-order chi connectivity index (χ0) is 12.3. The van der Waals surface area contributed by atoms with Crippen molar-refractivity contribution in [2.45, 2.75) is 58.5 Å². The van der Waals surface area contributed by atoms with Crippen molar-refractivity contribution < 1.29 is 4.79 Å². The summed E-state index contributed by atoms with van der Waals surface area (Å²) in [6.45, 7) is 6.97. The molecule has 0 aliphatic carbocycles. The van der Waals surface area contributed by atoms with E-state index in [2.05, 4.69) is 11.9 Å². The van der Waals surface area contributed by atoms with E-state index in [0.29, 0.717) is 6.04 Å². The van der Waals surface area contributed by atoms with Crippen LogP contribution in [0.15, 0.2) is 0 Å². The molecule has 0 bridgehead atoms. The molecule has 1 saturated heterocycles. The van der Waals surface area contributed by atoms with Crippen molar-refractivity contribution in [3.8, 4) is 0 Å². The first-order valence-electron chi connectivity index (χ1n) is 6.32. The maximum Gasteiger partial charge on any atom is 0.154 e. The minimum absolute atomic E-state index is 0.187. The van der Waals surface area contributed by atoms with Gasteiger partial charge in [-0.1, -0.05) is 27.2 Å². The smallest absolute Gasteiger partial charge is 0.154 e. The molecule has 3 nitrogen and oxygen atoms in total. The molecule has 0 aromatic heterocycles. The number of Topliss-reactive ketones (excluding diaryl/α,β-unsaturated/α-hetero) is 1. The van der Waals surface area contributed by atoms with Crippen LogP contribution in [-0.4, -0.2) is 36.4 Å². The average Bonchev–Trinajstić information content (AvgIpc) is 2.19. The molecule has 16 heavy (non-hydrogen) atoms. The zero-order valence-electron chi connectivity index (χ0n) is 11.1. The first kappa shape index (κ1) is 13.7. The molecule has 2 atom stereocenters. The van der Waals surface area contributed by atoms with Gasteiger partial charge in [0.05, 0.1) is 6.04 Å². The molecule has 0 aromatic carbocycles. The van der Waals surface area contributed by atoms with E-state index in [4.69, 9.17) is 5.73 Å². The number of nitrogens with zero attached hydrogens (tertiary/aromatic N) is 1. The molecule has 2 unspecified atom stereocenters. The Morgan fingerprint density at radius 2 is 2.06 bits per heavy atom. The fraction of sp³-hybridized carbons (Fsp3) is 0.923. The third-order valence-corrected chi connectivity index (χ3v) is 3.52. The highest BCUT2D eigenvalue weighted by atomic mass is 16.1. The Balaban J connectivity index is 2.50. The van der Waals surface area contributed by atoms with Crippen LogP contribution in [0, 0.1) is 5.41 Å². The van der Waals surface area contributed by atoms with Gasteiger partial charge in [-0.3, -0.25) is 4.79 Å². The predicted molar refractivity (Wildman–Crippen MR) is 67.3 cm³/mol. The van der Waals surface area contributed by atoms with E-state index in [1.54, 1.807) is 0 Å². The SMILES string of the molecule is CN1CCCCC1CC(N)C(=O)C(C)(C)C. The number of ketones is 1. The summed E-state index contributed by atoms with van der Waals surface area (Å²) in [4.78, 5) is 14.3. The van der Waals surface area contributed by atoms with Crippen LogP contribution < -0.4 is 5.73 Å². The molecule has 1 heterocycles. The van der Waals surface area contributed by atoms with E-state index < -0.39 is 0 Å². The molecule has 1 rings (SSSR count). The van der Waals surface area contributed by atoms with E-state index in [9.17, 15) is 4.79 Å². The van der Waals surface area contributed by atoms with Gasteiger partial charge in [0, 0.05) is 11.5 Å². The fourth-order valence-electron chi connectivity index (χ4n) is 2.40. The summed E-state index contributed by atoms with van der Waals surface area (Å²) in [6.07, 6.45) is 4.54. The molecule has 0 aromatic rings. The monoisotopic (exact) mass is 226 g/mol.